The number of H-pyrrole nitrogens is 1. The fourth-order valence-corrected chi connectivity index (χ4v) is 3.20. The van der Waals surface area contributed by atoms with Crippen molar-refractivity contribution in [2.24, 2.45) is 5.84 Å². The van der Waals surface area contributed by atoms with Crippen molar-refractivity contribution in [3.63, 3.8) is 0 Å². The smallest absolute Gasteiger partial charge is 0.265 e. The molecule has 1 aromatic heterocycles. The lowest BCUT2D eigenvalue weighted by Crippen LogP contribution is -2.29. The molecule has 4 aromatic rings. The summed E-state index contributed by atoms with van der Waals surface area (Å²) in [6, 6.07) is 18.1. The van der Waals surface area contributed by atoms with Crippen LogP contribution in [0.15, 0.2) is 60.7 Å². The van der Waals surface area contributed by atoms with E-state index in [9.17, 15) is 4.79 Å². The summed E-state index contributed by atoms with van der Waals surface area (Å²) in [5.74, 6) is 6.25. The van der Waals surface area contributed by atoms with E-state index in [-0.39, 0.29) is 5.91 Å². The minimum absolute atomic E-state index is 0.355. The Kier molecular flexibility index (Phi) is 5.40. The predicted molar refractivity (Wildman–Crippen MR) is 114 cm³/mol. The number of amides is 1. The number of nitrogens with zero attached hydrogens (tertiary/aromatic N) is 1. The van der Waals surface area contributed by atoms with E-state index in [1.165, 1.54) is 0 Å². The first kappa shape index (κ1) is 19.3. The molecule has 1 heterocycles. The third kappa shape index (κ3) is 4.19. The van der Waals surface area contributed by atoms with Crippen LogP contribution >= 0.6 is 23.2 Å². The lowest BCUT2D eigenvalue weighted by Gasteiger charge is -2.07. The molecular formula is C21H16Cl2N4O2. The largest absolute Gasteiger partial charge is 0.489 e. The number of aromatic nitrogens is 2. The highest BCUT2D eigenvalue weighted by Gasteiger charge is 2.09. The van der Waals surface area contributed by atoms with Gasteiger partial charge in [0.15, 0.2) is 0 Å². The van der Waals surface area contributed by atoms with Crippen molar-refractivity contribution < 1.29 is 9.53 Å². The van der Waals surface area contributed by atoms with Gasteiger partial charge in [0.25, 0.3) is 5.91 Å². The first-order chi connectivity index (χ1) is 14.0. The third-order valence-corrected chi connectivity index (χ3v) is 5.13. The zero-order chi connectivity index (χ0) is 20.4. The topological polar surface area (TPSA) is 93.0 Å². The van der Waals surface area contributed by atoms with Gasteiger partial charge in [-0.1, -0.05) is 29.3 Å². The summed E-state index contributed by atoms with van der Waals surface area (Å²) in [7, 11) is 0. The number of hydrogen-bond acceptors (Lipinski definition) is 4. The molecule has 0 fully saturated rings. The molecule has 0 aliphatic carbocycles. The second-order valence-electron chi connectivity index (χ2n) is 6.35. The zero-order valence-electron chi connectivity index (χ0n) is 15.1. The van der Waals surface area contributed by atoms with Crippen LogP contribution in [0.25, 0.3) is 22.4 Å². The average Bonchev–Trinajstić information content (AvgIpc) is 3.17. The number of carbonyl (C=O) groups is 1. The van der Waals surface area contributed by atoms with Crippen molar-refractivity contribution in [1.29, 1.82) is 0 Å². The Hall–Kier alpha value is -3.06. The number of imidazole rings is 1. The van der Waals surface area contributed by atoms with Gasteiger partial charge in [-0.3, -0.25) is 10.2 Å². The molecule has 0 saturated heterocycles. The number of nitrogen functional groups attached to an aromatic ring is 1. The highest BCUT2D eigenvalue weighted by atomic mass is 35.5. The predicted octanol–water partition coefficient (Wildman–Crippen LogP) is 4.72. The van der Waals surface area contributed by atoms with Crippen LogP contribution in [0.1, 0.15) is 15.9 Å². The van der Waals surface area contributed by atoms with Gasteiger partial charge in [-0.25, -0.2) is 10.8 Å². The maximum absolute atomic E-state index is 11.7. The first-order valence-corrected chi connectivity index (χ1v) is 9.47. The molecule has 4 rings (SSSR count). The maximum Gasteiger partial charge on any atom is 0.265 e. The van der Waals surface area contributed by atoms with E-state index in [1.54, 1.807) is 30.3 Å². The van der Waals surface area contributed by atoms with E-state index in [1.807, 2.05) is 30.3 Å². The molecule has 4 N–H and O–H groups in total. The zero-order valence-corrected chi connectivity index (χ0v) is 16.6. The molecule has 0 saturated carbocycles. The van der Waals surface area contributed by atoms with Gasteiger partial charge in [-0.15, -0.1) is 0 Å². The molecule has 0 radical (unpaired) electrons. The van der Waals surface area contributed by atoms with Crippen LogP contribution in [0.4, 0.5) is 0 Å². The summed E-state index contributed by atoms with van der Waals surface area (Å²) in [5, 5.41) is 1.02. The fourth-order valence-electron chi connectivity index (χ4n) is 2.88. The number of fused-ring (bicyclic) bond motifs is 1. The molecule has 6 nitrogen and oxygen atoms in total. The summed E-state index contributed by atoms with van der Waals surface area (Å²) in [6.07, 6.45) is 0. The summed E-state index contributed by atoms with van der Waals surface area (Å²) in [4.78, 5) is 19.5. The Morgan fingerprint density at radius 2 is 1.83 bits per heavy atom. The van der Waals surface area contributed by atoms with Crippen molar-refractivity contribution in [3.8, 4) is 17.1 Å². The average molecular weight is 427 g/mol. The number of aromatic amines is 1. The highest BCUT2D eigenvalue weighted by Crippen LogP contribution is 2.25. The molecule has 146 valence electrons. The van der Waals surface area contributed by atoms with E-state index in [2.05, 4.69) is 15.4 Å². The minimum atomic E-state index is -0.355. The van der Waals surface area contributed by atoms with E-state index in [0.29, 0.717) is 28.0 Å². The molecule has 0 unspecified atom stereocenters. The van der Waals surface area contributed by atoms with E-state index in [4.69, 9.17) is 33.8 Å². The molecule has 0 aliphatic heterocycles. The number of hydrogen-bond donors (Lipinski definition) is 3. The first-order valence-electron chi connectivity index (χ1n) is 8.71. The summed E-state index contributed by atoms with van der Waals surface area (Å²) in [5.41, 5.74) is 5.91. The van der Waals surface area contributed by atoms with E-state index >= 15 is 0 Å². The molecule has 3 aromatic carbocycles. The molecule has 0 bridgehead atoms. The second kappa shape index (κ2) is 8.13. The minimum Gasteiger partial charge on any atom is -0.489 e. The normalized spacial score (nSPS) is 10.9. The van der Waals surface area contributed by atoms with Crippen LogP contribution in [0.3, 0.4) is 0 Å². The maximum atomic E-state index is 11.7. The SMILES string of the molecule is NNC(=O)c1ccc2nc(-c3ccc(OCc4ccc(Cl)c(Cl)c4)cc3)[nH]c2c1. The molecule has 1 amide bonds. The monoisotopic (exact) mass is 426 g/mol. The number of hydrazine groups is 1. The molecule has 8 heteroatoms. The van der Waals surface area contributed by atoms with E-state index in [0.717, 1.165) is 27.9 Å². The van der Waals surface area contributed by atoms with Gasteiger partial charge in [0.2, 0.25) is 0 Å². The molecular weight excluding hydrogens is 411 g/mol. The number of rotatable bonds is 5. The lowest BCUT2D eigenvalue weighted by molar-refractivity contribution is 0.0954. The summed E-state index contributed by atoms with van der Waals surface area (Å²) in [6.45, 7) is 0.382. The number of benzene rings is 3. The van der Waals surface area contributed by atoms with Gasteiger partial charge in [0.1, 0.15) is 18.2 Å². The summed E-state index contributed by atoms with van der Waals surface area (Å²) < 4.78 is 5.80. The van der Waals surface area contributed by atoms with Gasteiger partial charge in [0, 0.05) is 11.1 Å². The molecule has 0 aliphatic rings. The highest BCUT2D eigenvalue weighted by molar-refractivity contribution is 6.42. The Labute approximate surface area is 176 Å². The lowest BCUT2D eigenvalue weighted by atomic mass is 10.2. The third-order valence-electron chi connectivity index (χ3n) is 4.39. The van der Waals surface area contributed by atoms with Crippen molar-refractivity contribution >= 4 is 40.1 Å². The quantitative estimate of drug-likeness (QED) is 0.244. The number of nitrogens with one attached hydrogen (secondary N) is 2. The van der Waals surface area contributed by atoms with Crippen molar-refractivity contribution in [1.82, 2.24) is 15.4 Å². The Balaban J connectivity index is 1.49. The van der Waals surface area contributed by atoms with Crippen LogP contribution in [0, 0.1) is 0 Å². The van der Waals surface area contributed by atoms with Gasteiger partial charge in [-0.05, 0) is 60.2 Å². The number of halogens is 2. The molecule has 0 atom stereocenters. The van der Waals surface area contributed by atoms with Crippen molar-refractivity contribution in [2.45, 2.75) is 6.61 Å². The number of ether oxygens (including phenoxy) is 1. The Bertz CT molecular complexity index is 1190. The Morgan fingerprint density at radius 1 is 1.03 bits per heavy atom. The van der Waals surface area contributed by atoms with Crippen LogP contribution in [-0.2, 0) is 6.61 Å². The number of nitrogens with two attached hydrogens (primary N) is 1. The van der Waals surface area contributed by atoms with Crippen LogP contribution in [0.2, 0.25) is 10.0 Å². The van der Waals surface area contributed by atoms with Crippen molar-refractivity contribution in [3.05, 3.63) is 81.8 Å². The van der Waals surface area contributed by atoms with Crippen LogP contribution < -0.4 is 16.0 Å². The van der Waals surface area contributed by atoms with Gasteiger partial charge in [0.05, 0.1) is 21.1 Å². The number of carbonyl (C=O) groups excluding carboxylic acids is 1. The van der Waals surface area contributed by atoms with Gasteiger partial charge >= 0.3 is 0 Å². The summed E-state index contributed by atoms with van der Waals surface area (Å²) >= 11 is 12.0. The van der Waals surface area contributed by atoms with Gasteiger partial charge < -0.3 is 9.72 Å². The van der Waals surface area contributed by atoms with Crippen LogP contribution in [0.5, 0.6) is 5.75 Å². The van der Waals surface area contributed by atoms with E-state index < -0.39 is 0 Å². The van der Waals surface area contributed by atoms with Crippen molar-refractivity contribution in [2.75, 3.05) is 0 Å². The second-order valence-corrected chi connectivity index (χ2v) is 7.17. The molecule has 0 spiro atoms. The van der Waals surface area contributed by atoms with Crippen LogP contribution in [-0.4, -0.2) is 15.9 Å². The molecule has 29 heavy (non-hydrogen) atoms. The Morgan fingerprint density at radius 3 is 2.55 bits per heavy atom. The fraction of sp³-hybridized carbons (Fsp3) is 0.0476. The van der Waals surface area contributed by atoms with Gasteiger partial charge in [-0.2, -0.15) is 0 Å². The standard InChI is InChI=1S/C21H16Cl2N4O2/c22-16-7-1-12(9-17(16)23)11-29-15-5-2-13(3-6-15)20-25-18-8-4-14(21(28)27-24)10-19(18)26-20/h1-10H,11,24H2,(H,25,26)(H,27,28).